The molecule has 0 amide bonds. The van der Waals surface area contributed by atoms with Gasteiger partial charge in [-0.2, -0.15) is 15.0 Å². The van der Waals surface area contributed by atoms with E-state index < -0.39 is 4.92 Å². The van der Waals surface area contributed by atoms with E-state index in [-0.39, 0.29) is 29.9 Å². The van der Waals surface area contributed by atoms with Gasteiger partial charge in [0.2, 0.25) is 17.8 Å². The summed E-state index contributed by atoms with van der Waals surface area (Å²) in [6.45, 7) is 4.08. The average Bonchev–Trinajstić information content (AvgIpc) is 2.73. The van der Waals surface area contributed by atoms with Gasteiger partial charge in [0, 0.05) is 68.2 Å². The molecule has 2 fully saturated rings. The Morgan fingerprint density at radius 1 is 0.909 bits per heavy atom. The van der Waals surface area contributed by atoms with E-state index in [4.69, 9.17) is 27.9 Å². The third-order valence-electron chi connectivity index (χ3n) is 5.88. The van der Waals surface area contributed by atoms with Crippen molar-refractivity contribution in [1.82, 2.24) is 15.0 Å². The molecule has 1 aromatic heterocycles. The number of anilines is 4. The number of nitro benzene ring substituents is 1. The number of nitrogens with one attached hydrogen (secondary N) is 1. The van der Waals surface area contributed by atoms with Crippen LogP contribution in [0, 0.1) is 17.0 Å². The van der Waals surface area contributed by atoms with Crippen molar-refractivity contribution in [2.45, 2.75) is 43.9 Å². The molecule has 1 aromatic carbocycles. The second kappa shape index (κ2) is 9.39. The van der Waals surface area contributed by atoms with Gasteiger partial charge in [-0.05, 0) is 31.4 Å². The number of nitrogens with zero attached hydrogens (tertiary/aromatic N) is 6. The molecule has 3 heterocycles. The minimum Gasteiger partial charge on any atom is -0.338 e. The van der Waals surface area contributed by atoms with Crippen molar-refractivity contribution in [3.05, 3.63) is 33.9 Å². The third-order valence-corrected chi connectivity index (χ3v) is 5.88. The molecule has 2 aliphatic heterocycles. The Bertz CT molecular complexity index is 955. The van der Waals surface area contributed by atoms with E-state index in [2.05, 4.69) is 15.3 Å². The molecule has 0 bridgehead atoms. The molecule has 0 aliphatic carbocycles. The number of piperidine rings is 2. The summed E-state index contributed by atoms with van der Waals surface area (Å²) in [7, 11) is 0. The van der Waals surface area contributed by atoms with Crippen LogP contribution >= 0.6 is 0 Å². The Hall–Kier alpha value is -3.13. The fraction of sp³-hybridized carbons (Fsp3) is 0.550. The summed E-state index contributed by atoms with van der Waals surface area (Å²) in [5.41, 5.74) is 26.1. The fourth-order valence-corrected chi connectivity index (χ4v) is 4.40. The molecule has 4 atom stereocenters. The number of rotatable bonds is 5. The van der Waals surface area contributed by atoms with Crippen LogP contribution in [0.4, 0.5) is 29.2 Å². The monoisotopic (exact) mass is 457 g/mol. The van der Waals surface area contributed by atoms with Crippen molar-refractivity contribution in [2.24, 2.45) is 22.9 Å². The molecule has 0 saturated carbocycles. The van der Waals surface area contributed by atoms with E-state index in [0.29, 0.717) is 55.3 Å². The van der Waals surface area contributed by atoms with Gasteiger partial charge in [-0.15, -0.1) is 0 Å². The highest BCUT2D eigenvalue weighted by molar-refractivity contribution is 5.62. The van der Waals surface area contributed by atoms with Crippen molar-refractivity contribution in [3.8, 4) is 0 Å². The molecule has 178 valence electrons. The van der Waals surface area contributed by atoms with Crippen LogP contribution in [0.2, 0.25) is 0 Å². The Kier molecular flexibility index (Phi) is 6.56. The van der Waals surface area contributed by atoms with Crippen molar-refractivity contribution in [3.63, 3.8) is 0 Å². The second-order valence-corrected chi connectivity index (χ2v) is 8.96. The Labute approximate surface area is 191 Å². The minimum absolute atomic E-state index is 0.0164. The normalized spacial score (nSPS) is 25.7. The first-order valence-electron chi connectivity index (χ1n) is 11.0. The van der Waals surface area contributed by atoms with E-state index in [0.717, 1.165) is 12.8 Å². The van der Waals surface area contributed by atoms with Crippen LogP contribution in [-0.4, -0.2) is 70.2 Å². The van der Waals surface area contributed by atoms with Crippen LogP contribution in [0.25, 0.3) is 0 Å². The first kappa shape index (κ1) is 23.0. The molecule has 2 aromatic rings. The maximum Gasteiger partial charge on any atom is 0.269 e. The molecule has 0 radical (unpaired) electrons. The lowest BCUT2D eigenvalue weighted by Crippen LogP contribution is -2.54. The van der Waals surface area contributed by atoms with Crippen LogP contribution in [0.3, 0.4) is 0 Å². The quantitative estimate of drug-likeness (QED) is 0.286. The zero-order valence-electron chi connectivity index (χ0n) is 18.6. The molecular weight excluding hydrogens is 426 g/mol. The summed E-state index contributed by atoms with van der Waals surface area (Å²) < 4.78 is 0. The number of aromatic nitrogens is 3. The third kappa shape index (κ3) is 5.45. The van der Waals surface area contributed by atoms with Gasteiger partial charge >= 0.3 is 0 Å². The van der Waals surface area contributed by atoms with Crippen LogP contribution in [-0.2, 0) is 0 Å². The number of nitro groups is 1. The molecule has 9 N–H and O–H groups in total. The molecule has 2 saturated heterocycles. The highest BCUT2D eigenvalue weighted by Crippen LogP contribution is 2.26. The number of aryl methyl sites for hydroxylation is 1. The molecule has 2 aliphatic rings. The fourth-order valence-electron chi connectivity index (χ4n) is 4.40. The van der Waals surface area contributed by atoms with Crippen LogP contribution in [0.1, 0.15) is 18.4 Å². The number of hydrogen-bond donors (Lipinski definition) is 5. The topological polar surface area (TPSA) is 204 Å². The zero-order chi connectivity index (χ0) is 23.7. The van der Waals surface area contributed by atoms with Crippen molar-refractivity contribution < 1.29 is 4.92 Å². The first-order chi connectivity index (χ1) is 15.7. The second-order valence-electron chi connectivity index (χ2n) is 8.96. The van der Waals surface area contributed by atoms with Crippen LogP contribution < -0.4 is 38.1 Å². The molecule has 0 unspecified atom stereocenters. The van der Waals surface area contributed by atoms with E-state index in [1.165, 1.54) is 12.1 Å². The maximum absolute atomic E-state index is 11.1. The number of non-ortho nitro benzene ring substituents is 1. The number of hydrogen-bond acceptors (Lipinski definition) is 12. The van der Waals surface area contributed by atoms with Gasteiger partial charge in [0.15, 0.2) is 0 Å². The molecule has 4 rings (SSSR count). The molecule has 0 spiro atoms. The molecule has 13 nitrogen and oxygen atoms in total. The van der Waals surface area contributed by atoms with Gasteiger partial charge in [-0.25, -0.2) is 0 Å². The highest BCUT2D eigenvalue weighted by Gasteiger charge is 2.28. The summed E-state index contributed by atoms with van der Waals surface area (Å²) in [5.74, 6) is 1.23. The van der Waals surface area contributed by atoms with E-state index in [1.807, 2.05) is 9.80 Å². The predicted octanol–water partition coefficient (Wildman–Crippen LogP) is -0.439. The van der Waals surface area contributed by atoms with Gasteiger partial charge < -0.3 is 38.1 Å². The Morgan fingerprint density at radius 3 is 1.82 bits per heavy atom. The molecular formula is C20H31N11O2. The maximum atomic E-state index is 11.1. The lowest BCUT2D eigenvalue weighted by atomic mass is 10.0. The summed E-state index contributed by atoms with van der Waals surface area (Å²) in [6.07, 6.45) is 1.47. The molecule has 33 heavy (non-hydrogen) atoms. The first-order valence-corrected chi connectivity index (χ1v) is 11.0. The summed E-state index contributed by atoms with van der Waals surface area (Å²) in [6, 6.07) is 4.23. The standard InChI is InChI=1S/C20H31N11O2/c1-11-4-16(31(32)33)2-3-17(11)25-18-26-19(29-7-12(21)5-13(22)8-29)28-20(27-18)30-9-14(23)6-15(24)10-30/h2-4,12-15H,5-10,21-24H2,1H3,(H,25,26,27,28)/t12-,13+,14-,15+. The van der Waals surface area contributed by atoms with E-state index >= 15 is 0 Å². The zero-order valence-corrected chi connectivity index (χ0v) is 18.6. The van der Waals surface area contributed by atoms with Gasteiger partial charge in [0.1, 0.15) is 0 Å². The van der Waals surface area contributed by atoms with Gasteiger partial charge in [-0.1, -0.05) is 0 Å². The summed E-state index contributed by atoms with van der Waals surface area (Å²) in [4.78, 5) is 28.5. The Morgan fingerprint density at radius 2 is 1.39 bits per heavy atom. The van der Waals surface area contributed by atoms with Gasteiger partial charge in [-0.3, -0.25) is 10.1 Å². The van der Waals surface area contributed by atoms with Crippen LogP contribution in [0.15, 0.2) is 18.2 Å². The van der Waals surface area contributed by atoms with E-state index in [1.54, 1.807) is 13.0 Å². The van der Waals surface area contributed by atoms with Gasteiger partial charge in [0.05, 0.1) is 4.92 Å². The molecule has 13 heteroatoms. The van der Waals surface area contributed by atoms with Crippen molar-refractivity contribution in [2.75, 3.05) is 41.3 Å². The summed E-state index contributed by atoms with van der Waals surface area (Å²) in [5, 5.41) is 14.2. The summed E-state index contributed by atoms with van der Waals surface area (Å²) >= 11 is 0. The minimum atomic E-state index is -0.429. The lowest BCUT2D eigenvalue weighted by Gasteiger charge is -2.37. The van der Waals surface area contributed by atoms with Gasteiger partial charge in [0.25, 0.3) is 5.69 Å². The van der Waals surface area contributed by atoms with Crippen LogP contribution in [0.5, 0.6) is 0 Å². The smallest absolute Gasteiger partial charge is 0.269 e. The lowest BCUT2D eigenvalue weighted by molar-refractivity contribution is -0.384. The largest absolute Gasteiger partial charge is 0.338 e. The average molecular weight is 458 g/mol. The number of nitrogens with two attached hydrogens (primary N) is 4. The number of benzene rings is 1. The van der Waals surface area contributed by atoms with Crippen molar-refractivity contribution >= 4 is 29.2 Å². The predicted molar refractivity (Wildman–Crippen MR) is 127 cm³/mol. The van der Waals surface area contributed by atoms with E-state index in [9.17, 15) is 10.1 Å². The Balaban J connectivity index is 1.69. The highest BCUT2D eigenvalue weighted by atomic mass is 16.6. The SMILES string of the molecule is Cc1cc([N+](=O)[O-])ccc1Nc1nc(N2C[C@H](N)C[C@H](N)C2)nc(N2C[C@H](N)C[C@H](N)C2)n1. The van der Waals surface area contributed by atoms with Crippen molar-refractivity contribution in [1.29, 1.82) is 0 Å².